The molecule has 3 rings (SSSR count). The third kappa shape index (κ3) is 6.53. The molecule has 0 spiro atoms. The van der Waals surface area contributed by atoms with E-state index in [1.54, 1.807) is 27.6 Å². The lowest BCUT2D eigenvalue weighted by Gasteiger charge is -2.30. The van der Waals surface area contributed by atoms with Crippen molar-refractivity contribution in [3.63, 3.8) is 0 Å². The van der Waals surface area contributed by atoms with Crippen molar-refractivity contribution in [3.05, 3.63) is 41.9 Å². The highest BCUT2D eigenvalue weighted by Gasteiger charge is 2.20. The lowest BCUT2D eigenvalue weighted by molar-refractivity contribution is 0.318. The van der Waals surface area contributed by atoms with Crippen molar-refractivity contribution in [2.75, 3.05) is 21.3 Å². The van der Waals surface area contributed by atoms with Gasteiger partial charge in [0.2, 0.25) is 5.75 Å². The zero-order valence-corrected chi connectivity index (χ0v) is 19.6. The van der Waals surface area contributed by atoms with Crippen molar-refractivity contribution < 1.29 is 18.6 Å². The van der Waals surface area contributed by atoms with Crippen LogP contribution < -0.4 is 19.5 Å². The first kappa shape index (κ1) is 23.3. The molecule has 0 unspecified atom stereocenters. The molecule has 1 aromatic heterocycles. The van der Waals surface area contributed by atoms with Crippen LogP contribution in [0.25, 0.3) is 0 Å². The van der Waals surface area contributed by atoms with Crippen molar-refractivity contribution in [1.29, 1.82) is 0 Å². The first-order chi connectivity index (χ1) is 15.1. The predicted molar refractivity (Wildman–Crippen MR) is 126 cm³/mol. The Hall–Kier alpha value is -2.41. The van der Waals surface area contributed by atoms with Crippen molar-refractivity contribution in [3.8, 4) is 17.2 Å². The molecule has 0 amide bonds. The Labute approximate surface area is 190 Å². The summed E-state index contributed by atoms with van der Waals surface area (Å²) in [5.74, 6) is 2.72. The Morgan fingerprint density at radius 1 is 1.00 bits per heavy atom. The second-order valence-corrected chi connectivity index (χ2v) is 8.35. The zero-order valence-electron chi connectivity index (χ0n) is 18.8. The van der Waals surface area contributed by atoms with E-state index in [0.29, 0.717) is 36.4 Å². The fourth-order valence-electron chi connectivity index (χ4n) is 4.10. The van der Waals surface area contributed by atoms with Crippen molar-refractivity contribution >= 4 is 17.3 Å². The van der Waals surface area contributed by atoms with Gasteiger partial charge >= 0.3 is 0 Å². The summed E-state index contributed by atoms with van der Waals surface area (Å²) < 4.78 is 22.1. The van der Waals surface area contributed by atoms with Gasteiger partial charge in [0.1, 0.15) is 5.76 Å². The summed E-state index contributed by atoms with van der Waals surface area (Å²) in [6.07, 6.45) is 10.5. The zero-order chi connectivity index (χ0) is 22.1. The summed E-state index contributed by atoms with van der Waals surface area (Å²) >= 11 is 5.86. The second-order valence-electron chi connectivity index (χ2n) is 7.96. The van der Waals surface area contributed by atoms with Gasteiger partial charge in [-0.15, -0.1) is 0 Å². The minimum Gasteiger partial charge on any atom is -0.493 e. The molecule has 1 aliphatic carbocycles. The predicted octanol–water partition coefficient (Wildman–Crippen LogP) is 5.30. The number of ether oxygens (including phenoxy) is 3. The van der Waals surface area contributed by atoms with E-state index in [4.69, 9.17) is 30.8 Å². The maximum atomic E-state index is 5.86. The third-order valence-electron chi connectivity index (χ3n) is 5.74. The number of thiocarbonyl (C=S) groups is 1. The molecule has 0 saturated heterocycles. The SMILES string of the molecule is COc1cc(CN(Cc2ccco2)C(=S)NC2CCCCCCC2)cc(OC)c1OC. The van der Waals surface area contributed by atoms with Crippen LogP contribution in [0.4, 0.5) is 0 Å². The molecule has 0 bridgehead atoms. The number of furan rings is 1. The van der Waals surface area contributed by atoms with Crippen LogP contribution in [0.1, 0.15) is 56.3 Å². The highest BCUT2D eigenvalue weighted by atomic mass is 32.1. The monoisotopic (exact) mass is 446 g/mol. The van der Waals surface area contributed by atoms with Crippen molar-refractivity contribution in [2.24, 2.45) is 0 Å². The van der Waals surface area contributed by atoms with E-state index in [1.165, 1.54) is 44.9 Å². The van der Waals surface area contributed by atoms with Crippen LogP contribution in [0.15, 0.2) is 34.9 Å². The van der Waals surface area contributed by atoms with Crippen LogP contribution in [0.2, 0.25) is 0 Å². The van der Waals surface area contributed by atoms with Crippen molar-refractivity contribution in [2.45, 2.75) is 64.1 Å². The van der Waals surface area contributed by atoms with Crippen LogP contribution in [-0.2, 0) is 13.1 Å². The standard InChI is InChI=1S/C24H34N2O4S/c1-27-21-14-18(15-22(28-2)23(21)29-3)16-26(17-20-12-9-13-30-20)24(31)25-19-10-7-5-4-6-8-11-19/h9,12-15,19H,4-8,10-11,16-17H2,1-3H3,(H,25,31). The summed E-state index contributed by atoms with van der Waals surface area (Å²) in [7, 11) is 4.86. The molecule has 1 fully saturated rings. The summed E-state index contributed by atoms with van der Waals surface area (Å²) in [6.45, 7) is 1.18. The van der Waals surface area contributed by atoms with E-state index in [1.807, 2.05) is 24.3 Å². The molecule has 7 heteroatoms. The Bertz CT molecular complexity index is 792. The van der Waals surface area contributed by atoms with Gasteiger partial charge < -0.3 is 28.8 Å². The lowest BCUT2D eigenvalue weighted by atomic mass is 9.97. The van der Waals surface area contributed by atoms with E-state index in [0.717, 1.165) is 16.4 Å². The Kier molecular flexibility index (Phi) is 8.88. The molecular weight excluding hydrogens is 412 g/mol. The summed E-state index contributed by atoms with van der Waals surface area (Å²) in [4.78, 5) is 2.13. The average Bonchev–Trinajstić information content (AvgIpc) is 3.27. The molecule has 1 aliphatic rings. The smallest absolute Gasteiger partial charge is 0.203 e. The van der Waals surface area contributed by atoms with Crippen LogP contribution >= 0.6 is 12.2 Å². The topological polar surface area (TPSA) is 56.1 Å². The normalized spacial score (nSPS) is 14.9. The molecule has 0 aliphatic heterocycles. The van der Waals surface area contributed by atoms with Crippen LogP contribution in [-0.4, -0.2) is 37.4 Å². The van der Waals surface area contributed by atoms with Crippen LogP contribution in [0.5, 0.6) is 17.2 Å². The second kappa shape index (κ2) is 11.8. The number of hydrogen-bond acceptors (Lipinski definition) is 5. The van der Waals surface area contributed by atoms with Crippen LogP contribution in [0, 0.1) is 0 Å². The lowest BCUT2D eigenvalue weighted by Crippen LogP contribution is -2.44. The molecule has 2 aromatic rings. The number of benzene rings is 1. The summed E-state index contributed by atoms with van der Waals surface area (Å²) in [5.41, 5.74) is 1.02. The first-order valence-electron chi connectivity index (χ1n) is 11.0. The molecule has 6 nitrogen and oxygen atoms in total. The maximum absolute atomic E-state index is 5.86. The fourth-order valence-corrected chi connectivity index (χ4v) is 4.40. The van der Waals surface area contributed by atoms with E-state index in [9.17, 15) is 0 Å². The van der Waals surface area contributed by atoms with E-state index >= 15 is 0 Å². The quantitative estimate of drug-likeness (QED) is 0.553. The molecule has 1 saturated carbocycles. The number of rotatable bonds is 8. The summed E-state index contributed by atoms with van der Waals surface area (Å²) in [6, 6.07) is 8.23. The van der Waals surface area contributed by atoms with Gasteiger partial charge in [-0.3, -0.25) is 0 Å². The number of nitrogens with one attached hydrogen (secondary N) is 1. The largest absolute Gasteiger partial charge is 0.493 e. The van der Waals surface area contributed by atoms with E-state index < -0.39 is 0 Å². The minimum atomic E-state index is 0.423. The van der Waals surface area contributed by atoms with Gasteiger partial charge in [0.05, 0.1) is 34.1 Å². The van der Waals surface area contributed by atoms with Gasteiger partial charge in [-0.2, -0.15) is 0 Å². The highest BCUT2D eigenvalue weighted by Crippen LogP contribution is 2.38. The minimum absolute atomic E-state index is 0.423. The fraction of sp³-hybridized carbons (Fsp3) is 0.542. The Morgan fingerprint density at radius 3 is 2.19 bits per heavy atom. The average molecular weight is 447 g/mol. The Morgan fingerprint density at radius 2 is 1.65 bits per heavy atom. The highest BCUT2D eigenvalue weighted by molar-refractivity contribution is 7.80. The molecule has 1 heterocycles. The first-order valence-corrected chi connectivity index (χ1v) is 11.4. The van der Waals surface area contributed by atoms with Gasteiger partial charge in [0.25, 0.3) is 0 Å². The molecular formula is C24H34N2O4S. The van der Waals surface area contributed by atoms with E-state index in [-0.39, 0.29) is 0 Å². The maximum Gasteiger partial charge on any atom is 0.203 e. The molecule has 0 atom stereocenters. The van der Waals surface area contributed by atoms with Gasteiger partial charge in [0.15, 0.2) is 16.6 Å². The molecule has 1 aromatic carbocycles. The van der Waals surface area contributed by atoms with Crippen LogP contribution in [0.3, 0.4) is 0 Å². The number of nitrogens with zero attached hydrogens (tertiary/aromatic N) is 1. The molecule has 0 radical (unpaired) electrons. The van der Waals surface area contributed by atoms with Gasteiger partial charge in [-0.05, 0) is 54.9 Å². The van der Waals surface area contributed by atoms with Gasteiger partial charge in [0, 0.05) is 12.6 Å². The van der Waals surface area contributed by atoms with Gasteiger partial charge in [-0.25, -0.2) is 0 Å². The number of hydrogen-bond donors (Lipinski definition) is 1. The molecule has 1 N–H and O–H groups in total. The third-order valence-corrected chi connectivity index (χ3v) is 6.12. The van der Waals surface area contributed by atoms with Gasteiger partial charge in [-0.1, -0.05) is 32.1 Å². The van der Waals surface area contributed by atoms with E-state index in [2.05, 4.69) is 10.2 Å². The number of methoxy groups -OCH3 is 3. The molecule has 170 valence electrons. The summed E-state index contributed by atoms with van der Waals surface area (Å²) in [5, 5.41) is 4.37. The molecule has 31 heavy (non-hydrogen) atoms. The Balaban J connectivity index is 1.79. The van der Waals surface area contributed by atoms with Crippen molar-refractivity contribution in [1.82, 2.24) is 10.2 Å².